The van der Waals surface area contributed by atoms with Gasteiger partial charge in [-0.3, -0.25) is 9.59 Å². The number of amides is 1. The summed E-state index contributed by atoms with van der Waals surface area (Å²) in [4.78, 5) is 23.4. The summed E-state index contributed by atoms with van der Waals surface area (Å²) in [5.74, 6) is 5.88. The third-order valence-electron chi connectivity index (χ3n) is 3.92. The largest absolute Gasteiger partial charge is 0.334 e. The zero-order chi connectivity index (χ0) is 22.4. The number of hydrogen-bond donors (Lipinski definition) is 3. The van der Waals surface area contributed by atoms with Crippen molar-refractivity contribution < 1.29 is 9.59 Å². The third kappa shape index (κ3) is 5.97. The molecule has 0 saturated heterocycles. The van der Waals surface area contributed by atoms with Crippen LogP contribution in [0.25, 0.3) is 0 Å². The van der Waals surface area contributed by atoms with Crippen LogP contribution in [0.3, 0.4) is 0 Å². The number of nitrogen functional groups attached to an aromatic ring is 1. The molecule has 0 aliphatic heterocycles. The number of hydrogen-bond acceptors (Lipinski definition) is 8. The number of halogens is 2. The lowest BCUT2D eigenvalue weighted by Crippen LogP contribution is -2.17. The average Bonchev–Trinajstić information content (AvgIpc) is 3.09. The van der Waals surface area contributed by atoms with Gasteiger partial charge >= 0.3 is 0 Å². The standard InChI is InChI=1S/C19H17Cl2N7O2S/c1-11(29)12-5-7-14(8-6-12)24-16(30)10-31-19-27-26-18(28(19)22)25-23-9-13-3-2-4-15(20)17(13)21/h2-9H,10,22H2,1H3,(H,24,30)(H,25,26)/b23-9+. The van der Waals surface area contributed by atoms with Crippen LogP contribution in [-0.4, -0.2) is 38.5 Å². The molecule has 1 aromatic heterocycles. The lowest BCUT2D eigenvalue weighted by Gasteiger charge is -2.06. The van der Waals surface area contributed by atoms with Gasteiger partial charge in [0.1, 0.15) is 0 Å². The van der Waals surface area contributed by atoms with Crippen LogP contribution < -0.4 is 16.6 Å². The Balaban J connectivity index is 1.54. The van der Waals surface area contributed by atoms with Crippen LogP contribution in [0.15, 0.2) is 52.7 Å². The number of carbonyl (C=O) groups is 2. The first-order valence-electron chi connectivity index (χ1n) is 8.82. The highest BCUT2D eigenvalue weighted by Crippen LogP contribution is 2.24. The van der Waals surface area contributed by atoms with Crippen LogP contribution in [0.2, 0.25) is 10.0 Å². The van der Waals surface area contributed by atoms with Crippen molar-refractivity contribution >= 4 is 64.5 Å². The molecule has 9 nitrogen and oxygen atoms in total. The van der Waals surface area contributed by atoms with E-state index in [1.165, 1.54) is 17.8 Å². The average molecular weight is 478 g/mol. The molecule has 4 N–H and O–H groups in total. The fourth-order valence-electron chi connectivity index (χ4n) is 2.35. The smallest absolute Gasteiger partial charge is 0.264 e. The molecule has 31 heavy (non-hydrogen) atoms. The van der Waals surface area contributed by atoms with E-state index in [1.807, 2.05) is 0 Å². The highest BCUT2D eigenvalue weighted by Gasteiger charge is 2.12. The highest BCUT2D eigenvalue weighted by molar-refractivity contribution is 7.99. The number of Topliss-reactive ketones (excluding diaryl/α,β-unsaturated/α-hetero) is 1. The predicted octanol–water partition coefficient (Wildman–Crippen LogP) is 3.68. The van der Waals surface area contributed by atoms with Gasteiger partial charge in [0.2, 0.25) is 11.1 Å². The van der Waals surface area contributed by atoms with Crippen LogP contribution in [-0.2, 0) is 4.79 Å². The van der Waals surface area contributed by atoms with Gasteiger partial charge in [-0.05, 0) is 37.3 Å². The Labute approximate surface area is 192 Å². The Hall–Kier alpha value is -3.08. The summed E-state index contributed by atoms with van der Waals surface area (Å²) in [5, 5.41) is 15.7. The second-order valence-corrected chi connectivity index (χ2v) is 7.89. The molecule has 160 valence electrons. The molecule has 3 aromatic rings. The Morgan fingerprint density at radius 2 is 1.94 bits per heavy atom. The molecule has 12 heteroatoms. The lowest BCUT2D eigenvalue weighted by atomic mass is 10.1. The number of nitrogens with two attached hydrogens (primary N) is 1. The SMILES string of the molecule is CC(=O)c1ccc(NC(=O)CSc2nnc(N/N=C/c3cccc(Cl)c3Cl)n2N)cc1. The summed E-state index contributed by atoms with van der Waals surface area (Å²) in [7, 11) is 0. The van der Waals surface area contributed by atoms with E-state index >= 15 is 0 Å². The second kappa shape index (κ2) is 10.3. The van der Waals surface area contributed by atoms with Gasteiger partial charge < -0.3 is 11.2 Å². The summed E-state index contributed by atoms with van der Waals surface area (Å²) < 4.78 is 1.18. The van der Waals surface area contributed by atoms with E-state index in [4.69, 9.17) is 29.0 Å². The van der Waals surface area contributed by atoms with Crippen molar-refractivity contribution in [2.75, 3.05) is 22.3 Å². The number of thioether (sulfide) groups is 1. The Kier molecular flexibility index (Phi) is 7.50. The fraction of sp³-hybridized carbons (Fsp3) is 0.105. The number of benzene rings is 2. The van der Waals surface area contributed by atoms with Crippen LogP contribution in [0.4, 0.5) is 11.6 Å². The first-order chi connectivity index (χ1) is 14.8. The number of anilines is 2. The highest BCUT2D eigenvalue weighted by atomic mass is 35.5. The van der Waals surface area contributed by atoms with Gasteiger partial charge in [-0.2, -0.15) is 5.10 Å². The van der Waals surface area contributed by atoms with Crippen molar-refractivity contribution in [1.82, 2.24) is 14.9 Å². The van der Waals surface area contributed by atoms with Crippen molar-refractivity contribution in [2.24, 2.45) is 5.10 Å². The number of aromatic nitrogens is 3. The number of ketones is 1. The second-order valence-electron chi connectivity index (χ2n) is 6.16. The van der Waals surface area contributed by atoms with Crippen molar-refractivity contribution in [1.29, 1.82) is 0 Å². The van der Waals surface area contributed by atoms with Crippen LogP contribution in [0, 0.1) is 0 Å². The van der Waals surface area contributed by atoms with Gasteiger partial charge in [0, 0.05) is 16.8 Å². The minimum absolute atomic E-state index is 0.0415. The molecular weight excluding hydrogens is 461 g/mol. The van der Waals surface area contributed by atoms with Crippen molar-refractivity contribution in [3.05, 3.63) is 63.6 Å². The summed E-state index contributed by atoms with van der Waals surface area (Å²) in [6, 6.07) is 11.8. The number of nitrogens with one attached hydrogen (secondary N) is 2. The minimum atomic E-state index is -0.258. The lowest BCUT2D eigenvalue weighted by molar-refractivity contribution is -0.113. The molecular formula is C19H17Cl2N7O2S. The van der Waals surface area contributed by atoms with Crippen LogP contribution >= 0.6 is 35.0 Å². The topological polar surface area (TPSA) is 127 Å². The maximum atomic E-state index is 12.2. The van der Waals surface area contributed by atoms with E-state index in [-0.39, 0.29) is 23.4 Å². The van der Waals surface area contributed by atoms with Crippen LogP contribution in [0.1, 0.15) is 22.8 Å². The molecule has 0 spiro atoms. The predicted molar refractivity (Wildman–Crippen MR) is 124 cm³/mol. The molecule has 0 fully saturated rings. The van der Waals surface area contributed by atoms with Crippen molar-refractivity contribution in [2.45, 2.75) is 12.1 Å². The molecule has 0 unspecified atom stereocenters. The van der Waals surface area contributed by atoms with E-state index in [1.54, 1.807) is 42.5 Å². The van der Waals surface area contributed by atoms with Crippen molar-refractivity contribution in [3.63, 3.8) is 0 Å². The van der Waals surface area contributed by atoms with Crippen LogP contribution in [0.5, 0.6) is 0 Å². The molecule has 0 radical (unpaired) electrons. The summed E-state index contributed by atoms with van der Waals surface area (Å²) in [6.07, 6.45) is 1.47. The van der Waals surface area contributed by atoms with E-state index < -0.39 is 0 Å². The Morgan fingerprint density at radius 3 is 2.65 bits per heavy atom. The zero-order valence-electron chi connectivity index (χ0n) is 16.2. The first-order valence-corrected chi connectivity index (χ1v) is 10.6. The van der Waals surface area contributed by atoms with Gasteiger partial charge in [-0.15, -0.1) is 10.2 Å². The molecule has 0 saturated carbocycles. The summed E-state index contributed by atoms with van der Waals surface area (Å²) in [5.41, 5.74) is 4.44. The maximum absolute atomic E-state index is 12.2. The Morgan fingerprint density at radius 1 is 1.19 bits per heavy atom. The monoisotopic (exact) mass is 477 g/mol. The molecule has 1 heterocycles. The fourth-order valence-corrected chi connectivity index (χ4v) is 3.36. The molecule has 0 aliphatic carbocycles. The maximum Gasteiger partial charge on any atom is 0.264 e. The summed E-state index contributed by atoms with van der Waals surface area (Å²) >= 11 is 13.2. The van der Waals surface area contributed by atoms with Gasteiger partial charge in [0.25, 0.3) is 5.95 Å². The zero-order valence-corrected chi connectivity index (χ0v) is 18.5. The van der Waals surface area contributed by atoms with E-state index in [0.29, 0.717) is 32.0 Å². The number of nitrogens with zero attached hydrogens (tertiary/aromatic N) is 4. The molecule has 1 amide bonds. The van der Waals surface area contributed by atoms with Gasteiger partial charge in [-0.25, -0.2) is 10.1 Å². The van der Waals surface area contributed by atoms with Gasteiger partial charge in [-0.1, -0.05) is 47.1 Å². The Bertz CT molecular complexity index is 1130. The quantitative estimate of drug-likeness (QED) is 0.148. The van der Waals surface area contributed by atoms with Gasteiger partial charge in [0.05, 0.1) is 22.0 Å². The van der Waals surface area contributed by atoms with E-state index in [0.717, 1.165) is 11.8 Å². The number of carbonyl (C=O) groups excluding carboxylic acids is 2. The molecule has 3 rings (SSSR count). The first kappa shape index (κ1) is 22.6. The van der Waals surface area contributed by atoms with Crippen molar-refractivity contribution in [3.8, 4) is 0 Å². The molecule has 0 atom stereocenters. The minimum Gasteiger partial charge on any atom is -0.334 e. The summed E-state index contributed by atoms with van der Waals surface area (Å²) in [6.45, 7) is 1.48. The van der Waals surface area contributed by atoms with E-state index in [2.05, 4.69) is 26.0 Å². The third-order valence-corrected chi connectivity index (χ3v) is 5.70. The molecule has 2 aromatic carbocycles. The molecule has 0 aliphatic rings. The van der Waals surface area contributed by atoms with Gasteiger partial charge in [0.15, 0.2) is 5.78 Å². The number of hydrazone groups is 1. The normalized spacial score (nSPS) is 10.9. The molecule has 0 bridgehead atoms. The number of rotatable bonds is 8. The van der Waals surface area contributed by atoms with E-state index in [9.17, 15) is 9.59 Å².